The van der Waals surface area contributed by atoms with Crippen LogP contribution in [-0.4, -0.2) is 27.1 Å². The molecular formula is C20H22ClF3N2O3S. The summed E-state index contributed by atoms with van der Waals surface area (Å²) in [6.07, 6.45) is -3.35. The maximum Gasteiger partial charge on any atom is 0.416 e. The van der Waals surface area contributed by atoms with Gasteiger partial charge in [0, 0.05) is 0 Å². The fraction of sp³-hybridized carbons (Fsp3) is 0.350. The van der Waals surface area contributed by atoms with E-state index in [1.54, 1.807) is 0 Å². The van der Waals surface area contributed by atoms with Crippen molar-refractivity contribution in [3.8, 4) is 0 Å². The zero-order valence-electron chi connectivity index (χ0n) is 16.6. The van der Waals surface area contributed by atoms with Gasteiger partial charge in [0.15, 0.2) is 0 Å². The lowest BCUT2D eigenvalue weighted by atomic mass is 10.0. The molecule has 2 rings (SSSR count). The first-order chi connectivity index (χ1) is 13.8. The molecule has 30 heavy (non-hydrogen) atoms. The average Bonchev–Trinajstić information content (AvgIpc) is 2.64. The quantitative estimate of drug-likeness (QED) is 0.648. The van der Waals surface area contributed by atoms with Crippen molar-refractivity contribution < 1.29 is 26.4 Å². The number of hydrogen-bond acceptors (Lipinski definition) is 3. The van der Waals surface area contributed by atoms with E-state index in [4.69, 9.17) is 11.6 Å². The van der Waals surface area contributed by atoms with E-state index in [0.717, 1.165) is 29.5 Å². The van der Waals surface area contributed by atoms with E-state index in [1.807, 2.05) is 38.1 Å². The zero-order valence-corrected chi connectivity index (χ0v) is 18.2. The van der Waals surface area contributed by atoms with Gasteiger partial charge in [-0.05, 0) is 37.1 Å². The second-order valence-corrected chi connectivity index (χ2v) is 9.19. The highest BCUT2D eigenvalue weighted by Gasteiger charge is 2.33. The number of carbonyl (C=O) groups excluding carboxylic acids is 1. The van der Waals surface area contributed by atoms with E-state index in [1.165, 1.54) is 0 Å². The molecule has 2 aromatic rings. The van der Waals surface area contributed by atoms with Gasteiger partial charge in [-0.15, -0.1) is 0 Å². The minimum atomic E-state index is -4.69. The van der Waals surface area contributed by atoms with Gasteiger partial charge in [0.05, 0.1) is 28.6 Å². The van der Waals surface area contributed by atoms with Gasteiger partial charge in [-0.1, -0.05) is 48.4 Å². The third kappa shape index (κ3) is 6.12. The summed E-state index contributed by atoms with van der Waals surface area (Å²) in [6.45, 7) is 3.07. The van der Waals surface area contributed by atoms with E-state index >= 15 is 0 Å². The van der Waals surface area contributed by atoms with E-state index < -0.39 is 39.9 Å². The van der Waals surface area contributed by atoms with Gasteiger partial charge in [0.1, 0.15) is 6.54 Å². The van der Waals surface area contributed by atoms with Crippen LogP contribution in [0, 0.1) is 6.92 Å². The largest absolute Gasteiger partial charge is 0.416 e. The van der Waals surface area contributed by atoms with Gasteiger partial charge >= 0.3 is 6.18 Å². The number of carbonyl (C=O) groups is 1. The van der Waals surface area contributed by atoms with Crippen LogP contribution in [0.5, 0.6) is 0 Å². The predicted octanol–water partition coefficient (Wildman–Crippen LogP) is 4.70. The van der Waals surface area contributed by atoms with Crippen LogP contribution in [0.25, 0.3) is 0 Å². The standard InChI is InChI=1S/C20H22ClF3N2O3S/c1-4-17(14-7-5-13(2)6-8-14)25-19(27)12-26(30(3,28)29)18-11-15(20(22,23)24)9-10-16(18)21/h5-11,17H,4,12H2,1-3H3,(H,25,27)/t17-/m0/s1. The van der Waals surface area contributed by atoms with Gasteiger partial charge in [0.25, 0.3) is 0 Å². The molecule has 1 amide bonds. The molecular weight excluding hydrogens is 441 g/mol. The average molecular weight is 463 g/mol. The van der Waals surface area contributed by atoms with Crippen LogP contribution in [-0.2, 0) is 21.0 Å². The Kier molecular flexibility index (Phi) is 7.41. The van der Waals surface area contributed by atoms with Crippen LogP contribution < -0.4 is 9.62 Å². The lowest BCUT2D eigenvalue weighted by molar-refractivity contribution is -0.137. The third-order valence-corrected chi connectivity index (χ3v) is 5.90. The van der Waals surface area contributed by atoms with Gasteiger partial charge in [0.2, 0.25) is 15.9 Å². The van der Waals surface area contributed by atoms with Crippen molar-refractivity contribution in [2.45, 2.75) is 32.5 Å². The molecule has 0 unspecified atom stereocenters. The molecule has 0 aliphatic rings. The number of anilines is 1. The molecule has 0 radical (unpaired) electrons. The number of benzene rings is 2. The van der Waals surface area contributed by atoms with Gasteiger partial charge in [-0.3, -0.25) is 9.10 Å². The summed E-state index contributed by atoms with van der Waals surface area (Å²) in [5, 5.41) is 2.51. The molecule has 164 valence electrons. The second kappa shape index (κ2) is 9.26. The molecule has 1 atom stereocenters. The molecule has 0 aliphatic carbocycles. The molecule has 5 nitrogen and oxygen atoms in total. The lowest BCUT2D eigenvalue weighted by Gasteiger charge is -2.25. The summed E-state index contributed by atoms with van der Waals surface area (Å²) in [5.41, 5.74) is 0.399. The van der Waals surface area contributed by atoms with E-state index in [2.05, 4.69) is 5.32 Å². The van der Waals surface area contributed by atoms with Crippen LogP contribution >= 0.6 is 11.6 Å². The maximum absolute atomic E-state index is 13.1. The van der Waals surface area contributed by atoms with Crippen molar-refractivity contribution in [3.05, 3.63) is 64.2 Å². The van der Waals surface area contributed by atoms with Crippen molar-refractivity contribution in [1.82, 2.24) is 5.32 Å². The molecule has 0 spiro atoms. The number of alkyl halides is 3. The van der Waals surface area contributed by atoms with E-state index in [0.29, 0.717) is 16.8 Å². The lowest BCUT2D eigenvalue weighted by Crippen LogP contribution is -2.41. The van der Waals surface area contributed by atoms with Crippen LogP contribution in [0.15, 0.2) is 42.5 Å². The molecule has 1 N–H and O–H groups in total. The van der Waals surface area contributed by atoms with Crippen molar-refractivity contribution in [2.75, 3.05) is 17.1 Å². The number of rotatable bonds is 7. The van der Waals surface area contributed by atoms with Crippen molar-refractivity contribution >= 4 is 33.2 Å². The predicted molar refractivity (Wildman–Crippen MR) is 111 cm³/mol. The molecule has 10 heteroatoms. The van der Waals surface area contributed by atoms with Crippen molar-refractivity contribution in [2.24, 2.45) is 0 Å². The van der Waals surface area contributed by atoms with Crippen LogP contribution in [0.2, 0.25) is 5.02 Å². The highest BCUT2D eigenvalue weighted by atomic mass is 35.5. The van der Waals surface area contributed by atoms with Crippen molar-refractivity contribution in [1.29, 1.82) is 0 Å². The van der Waals surface area contributed by atoms with Crippen molar-refractivity contribution in [3.63, 3.8) is 0 Å². The van der Waals surface area contributed by atoms with Crippen LogP contribution in [0.3, 0.4) is 0 Å². The number of sulfonamides is 1. The Balaban J connectivity index is 2.31. The molecule has 0 heterocycles. The molecule has 0 saturated carbocycles. The highest BCUT2D eigenvalue weighted by Crippen LogP contribution is 2.36. The SMILES string of the molecule is CC[C@H](NC(=O)CN(c1cc(C(F)(F)F)ccc1Cl)S(C)(=O)=O)c1ccc(C)cc1. The molecule has 0 aromatic heterocycles. The first kappa shape index (κ1) is 24.0. The van der Waals surface area contributed by atoms with Gasteiger partial charge in [-0.2, -0.15) is 13.2 Å². The summed E-state index contributed by atoms with van der Waals surface area (Å²) in [5.74, 6) is -0.665. The Morgan fingerprint density at radius 1 is 1.17 bits per heavy atom. The van der Waals surface area contributed by atoms with Crippen LogP contribution in [0.4, 0.5) is 18.9 Å². The maximum atomic E-state index is 13.1. The summed E-state index contributed by atoms with van der Waals surface area (Å²) >= 11 is 5.97. The van der Waals surface area contributed by atoms with Crippen LogP contribution in [0.1, 0.15) is 36.1 Å². The Morgan fingerprint density at radius 2 is 1.77 bits per heavy atom. The number of halogens is 4. The second-order valence-electron chi connectivity index (χ2n) is 6.87. The smallest absolute Gasteiger partial charge is 0.348 e. The number of aryl methyl sites for hydroxylation is 1. The molecule has 2 aromatic carbocycles. The molecule has 0 aliphatic heterocycles. The van der Waals surface area contributed by atoms with Gasteiger partial charge in [-0.25, -0.2) is 8.42 Å². The molecule has 0 fully saturated rings. The topological polar surface area (TPSA) is 66.5 Å². The Labute approximate surface area is 178 Å². The summed E-state index contributed by atoms with van der Waals surface area (Å²) < 4.78 is 64.3. The number of nitrogens with zero attached hydrogens (tertiary/aromatic N) is 1. The first-order valence-corrected chi connectivity index (χ1v) is 11.3. The zero-order chi connectivity index (χ0) is 22.7. The third-order valence-electron chi connectivity index (χ3n) is 4.45. The highest BCUT2D eigenvalue weighted by molar-refractivity contribution is 7.92. The number of nitrogens with one attached hydrogen (secondary N) is 1. The summed E-state index contributed by atoms with van der Waals surface area (Å²) in [4.78, 5) is 12.6. The van der Waals surface area contributed by atoms with Gasteiger partial charge < -0.3 is 5.32 Å². The minimum absolute atomic E-state index is 0.216. The minimum Gasteiger partial charge on any atom is -0.348 e. The first-order valence-electron chi connectivity index (χ1n) is 9.03. The number of amides is 1. The van der Waals surface area contributed by atoms with E-state index in [9.17, 15) is 26.4 Å². The molecule has 0 bridgehead atoms. The summed E-state index contributed by atoms with van der Waals surface area (Å²) in [6, 6.07) is 9.41. The normalized spacial score (nSPS) is 13.0. The molecule has 0 saturated heterocycles. The fourth-order valence-corrected chi connectivity index (χ4v) is 3.98. The monoisotopic (exact) mass is 462 g/mol. The number of hydrogen-bond donors (Lipinski definition) is 1. The fourth-order valence-electron chi connectivity index (χ4n) is 2.85. The van der Waals surface area contributed by atoms with E-state index in [-0.39, 0.29) is 11.1 Å². The Bertz CT molecular complexity index is 1010. The Hall–Kier alpha value is -2.26. The Morgan fingerprint density at radius 3 is 2.27 bits per heavy atom. The summed E-state index contributed by atoms with van der Waals surface area (Å²) in [7, 11) is -4.09.